The Kier molecular flexibility index (Phi) is 6.28. The minimum atomic E-state index is -0.995. The molecular formula is C18H20N2O6. The van der Waals surface area contributed by atoms with Crippen molar-refractivity contribution in [1.29, 1.82) is 0 Å². The van der Waals surface area contributed by atoms with Gasteiger partial charge in [-0.25, -0.2) is 0 Å². The molecule has 0 radical (unpaired) electrons. The van der Waals surface area contributed by atoms with Crippen molar-refractivity contribution in [1.82, 2.24) is 0 Å². The molecule has 8 nitrogen and oxygen atoms in total. The first-order valence-electron chi connectivity index (χ1n) is 7.72. The van der Waals surface area contributed by atoms with E-state index in [1.54, 1.807) is 0 Å². The van der Waals surface area contributed by atoms with Gasteiger partial charge in [-0.05, 0) is 38.8 Å². The second-order valence-corrected chi connectivity index (χ2v) is 6.08. The summed E-state index contributed by atoms with van der Waals surface area (Å²) in [6.07, 6.45) is -1.00. The van der Waals surface area contributed by atoms with Gasteiger partial charge in [-0.15, -0.1) is 0 Å². The smallest absolute Gasteiger partial charge is 0.249 e. The van der Waals surface area contributed by atoms with Crippen molar-refractivity contribution in [3.63, 3.8) is 0 Å². The van der Waals surface area contributed by atoms with Crippen LogP contribution in [0.15, 0.2) is 0 Å². The molecule has 0 atom stereocenters. The van der Waals surface area contributed by atoms with Crippen LogP contribution in [-0.4, -0.2) is 34.9 Å². The van der Waals surface area contributed by atoms with E-state index in [4.69, 9.17) is 11.5 Å². The summed E-state index contributed by atoms with van der Waals surface area (Å²) >= 11 is 0. The van der Waals surface area contributed by atoms with Gasteiger partial charge >= 0.3 is 0 Å². The molecule has 4 N–H and O–H groups in total. The SMILES string of the molecule is CC(=O)CC(=O)c1c(C)c(C(N)=O)c(C(=O)CC(C)=O)c(C)c1C(N)=O. The van der Waals surface area contributed by atoms with Crippen LogP contribution >= 0.6 is 0 Å². The Morgan fingerprint density at radius 1 is 0.615 bits per heavy atom. The topological polar surface area (TPSA) is 154 Å². The summed E-state index contributed by atoms with van der Waals surface area (Å²) in [6.45, 7) is 5.07. The Morgan fingerprint density at radius 2 is 0.885 bits per heavy atom. The van der Waals surface area contributed by atoms with E-state index in [0.717, 1.165) is 0 Å². The van der Waals surface area contributed by atoms with Crippen molar-refractivity contribution in [2.75, 3.05) is 0 Å². The predicted octanol–water partition coefficient (Wildman–Crippen LogP) is 0.825. The van der Waals surface area contributed by atoms with Crippen molar-refractivity contribution < 1.29 is 28.8 Å². The van der Waals surface area contributed by atoms with Crippen LogP contribution < -0.4 is 11.5 Å². The Morgan fingerprint density at radius 3 is 1.08 bits per heavy atom. The molecule has 26 heavy (non-hydrogen) atoms. The fourth-order valence-electron chi connectivity index (χ4n) is 2.94. The third kappa shape index (κ3) is 4.08. The van der Waals surface area contributed by atoms with Gasteiger partial charge in [0.05, 0.1) is 24.0 Å². The summed E-state index contributed by atoms with van der Waals surface area (Å²) in [4.78, 5) is 71.4. The highest BCUT2D eigenvalue weighted by Crippen LogP contribution is 2.29. The van der Waals surface area contributed by atoms with Crippen LogP contribution in [0.25, 0.3) is 0 Å². The zero-order chi connectivity index (χ0) is 20.3. The van der Waals surface area contributed by atoms with Crippen LogP contribution in [0, 0.1) is 13.8 Å². The molecule has 2 amide bonds. The molecule has 1 aromatic carbocycles. The zero-order valence-electron chi connectivity index (χ0n) is 15.0. The quantitative estimate of drug-likeness (QED) is 0.516. The fourth-order valence-corrected chi connectivity index (χ4v) is 2.94. The second-order valence-electron chi connectivity index (χ2n) is 6.08. The van der Waals surface area contributed by atoms with Gasteiger partial charge in [-0.2, -0.15) is 0 Å². The fraction of sp³-hybridized carbons (Fsp3) is 0.333. The van der Waals surface area contributed by atoms with Gasteiger partial charge in [0.1, 0.15) is 11.6 Å². The third-order valence-electron chi connectivity index (χ3n) is 3.87. The Hall–Kier alpha value is -3.16. The van der Waals surface area contributed by atoms with E-state index in [-0.39, 0.29) is 33.4 Å². The molecule has 0 saturated carbocycles. The van der Waals surface area contributed by atoms with Gasteiger partial charge in [0.25, 0.3) is 0 Å². The molecule has 1 aromatic rings. The molecule has 0 unspecified atom stereocenters. The number of nitrogens with two attached hydrogens (primary N) is 2. The monoisotopic (exact) mass is 360 g/mol. The van der Waals surface area contributed by atoms with E-state index >= 15 is 0 Å². The molecule has 0 aliphatic rings. The van der Waals surface area contributed by atoms with Crippen molar-refractivity contribution in [3.8, 4) is 0 Å². The van der Waals surface area contributed by atoms with Gasteiger partial charge < -0.3 is 11.5 Å². The number of Topliss-reactive ketones (excluding diaryl/α,β-unsaturated/α-hetero) is 4. The maximum Gasteiger partial charge on any atom is 0.249 e. The predicted molar refractivity (Wildman–Crippen MR) is 92.2 cm³/mol. The molecule has 1 rings (SSSR count). The van der Waals surface area contributed by atoms with Crippen molar-refractivity contribution in [2.45, 2.75) is 40.5 Å². The standard InChI is InChI=1S/C18H20N2O6/c1-7(21)5-11(23)13-9(3)16(18(20)26)14(12(24)6-8(2)22)10(4)15(13)17(19)25/h5-6H2,1-4H3,(H2,19,25)(H2,20,26). The number of benzene rings is 1. The van der Waals surface area contributed by atoms with Crippen LogP contribution in [0.1, 0.15) is 79.2 Å². The van der Waals surface area contributed by atoms with Crippen LogP contribution in [-0.2, 0) is 9.59 Å². The summed E-state index contributed by atoms with van der Waals surface area (Å²) in [5.74, 6) is -4.30. The Balaban J connectivity index is 3.97. The summed E-state index contributed by atoms with van der Waals surface area (Å²) in [7, 11) is 0. The van der Waals surface area contributed by atoms with E-state index in [2.05, 4.69) is 0 Å². The maximum atomic E-state index is 12.5. The van der Waals surface area contributed by atoms with Crippen molar-refractivity contribution in [3.05, 3.63) is 33.4 Å². The van der Waals surface area contributed by atoms with Crippen LogP contribution in [0.3, 0.4) is 0 Å². The van der Waals surface area contributed by atoms with Crippen molar-refractivity contribution in [2.24, 2.45) is 11.5 Å². The molecule has 8 heteroatoms. The van der Waals surface area contributed by atoms with E-state index in [9.17, 15) is 28.8 Å². The second kappa shape index (κ2) is 7.81. The van der Waals surface area contributed by atoms with E-state index in [1.165, 1.54) is 27.7 Å². The molecule has 0 fully saturated rings. The number of carbonyl (C=O) groups is 6. The van der Waals surface area contributed by atoms with Gasteiger partial charge in [-0.1, -0.05) is 0 Å². The lowest BCUT2D eigenvalue weighted by molar-refractivity contribution is -0.117. The van der Waals surface area contributed by atoms with Crippen molar-refractivity contribution >= 4 is 34.9 Å². The van der Waals surface area contributed by atoms with Gasteiger partial charge in [0.2, 0.25) is 11.8 Å². The highest BCUT2D eigenvalue weighted by atomic mass is 16.2. The Labute approximate surface area is 149 Å². The largest absolute Gasteiger partial charge is 0.366 e. The summed E-state index contributed by atoms with van der Waals surface area (Å²) < 4.78 is 0. The summed E-state index contributed by atoms with van der Waals surface area (Å²) in [5, 5.41) is 0. The molecule has 0 saturated heterocycles. The molecular weight excluding hydrogens is 340 g/mol. The average Bonchev–Trinajstić information content (AvgIpc) is 2.45. The molecule has 0 aliphatic carbocycles. The lowest BCUT2D eigenvalue weighted by Crippen LogP contribution is -2.27. The maximum absolute atomic E-state index is 12.5. The Bertz CT molecular complexity index is 795. The number of ketones is 4. The molecule has 0 bridgehead atoms. The number of hydrogen-bond donors (Lipinski definition) is 2. The lowest BCUT2D eigenvalue weighted by atomic mass is 9.82. The molecule has 0 aliphatic heterocycles. The first-order chi connectivity index (χ1) is 11.9. The summed E-state index contributed by atoms with van der Waals surface area (Å²) in [6, 6.07) is 0. The van der Waals surface area contributed by atoms with E-state index in [0.29, 0.717) is 0 Å². The molecule has 0 spiro atoms. The van der Waals surface area contributed by atoms with Crippen LogP contribution in [0.2, 0.25) is 0 Å². The third-order valence-corrected chi connectivity index (χ3v) is 3.87. The number of hydrogen-bond acceptors (Lipinski definition) is 6. The zero-order valence-corrected chi connectivity index (χ0v) is 15.0. The molecule has 0 heterocycles. The lowest BCUT2D eigenvalue weighted by Gasteiger charge is -2.19. The first kappa shape index (κ1) is 20.9. The minimum Gasteiger partial charge on any atom is -0.366 e. The van der Waals surface area contributed by atoms with Gasteiger partial charge in [-0.3, -0.25) is 28.8 Å². The highest BCUT2D eigenvalue weighted by Gasteiger charge is 2.31. The average molecular weight is 360 g/mol. The number of primary amides is 2. The molecule has 0 aromatic heterocycles. The molecule has 138 valence electrons. The first-order valence-corrected chi connectivity index (χ1v) is 7.72. The normalized spacial score (nSPS) is 10.3. The number of amides is 2. The van der Waals surface area contributed by atoms with E-state index in [1.807, 2.05) is 0 Å². The highest BCUT2D eigenvalue weighted by molar-refractivity contribution is 6.21. The van der Waals surface area contributed by atoms with E-state index < -0.39 is 47.8 Å². The minimum absolute atomic E-state index is 0.0185. The van der Waals surface area contributed by atoms with Crippen LogP contribution in [0.4, 0.5) is 0 Å². The summed E-state index contributed by atoms with van der Waals surface area (Å²) in [5.41, 5.74) is 9.78. The van der Waals surface area contributed by atoms with Gasteiger partial charge in [0, 0.05) is 11.1 Å². The number of carbonyl (C=O) groups excluding carboxylic acids is 6. The van der Waals surface area contributed by atoms with Gasteiger partial charge in [0.15, 0.2) is 11.6 Å². The number of rotatable bonds is 8. The van der Waals surface area contributed by atoms with Crippen LogP contribution in [0.5, 0.6) is 0 Å².